The van der Waals surface area contributed by atoms with Gasteiger partial charge in [0.25, 0.3) is 0 Å². The Morgan fingerprint density at radius 1 is 1.23 bits per heavy atom. The van der Waals surface area contributed by atoms with Gasteiger partial charge in [0.05, 0.1) is 6.04 Å². The molecule has 1 N–H and O–H groups in total. The number of carboxylic acids is 1. The Labute approximate surface area is 161 Å². The highest BCUT2D eigenvalue weighted by Gasteiger charge is 2.37. The lowest BCUT2D eigenvalue weighted by Gasteiger charge is -2.31. The Morgan fingerprint density at radius 3 is 2.73 bits per heavy atom. The molecule has 1 aromatic heterocycles. The first-order chi connectivity index (χ1) is 12.7. The normalized spacial score (nSPS) is 19.0. The molecular weight excluding hydrogens is 362 g/mol. The molecule has 134 valence electrons. The molecule has 4 rings (SSSR count). The van der Waals surface area contributed by atoms with Gasteiger partial charge in [-0.25, -0.2) is 0 Å². The number of rotatable bonds is 5. The van der Waals surface area contributed by atoms with Crippen LogP contribution in [0.25, 0.3) is 10.1 Å². The lowest BCUT2D eigenvalue weighted by Crippen LogP contribution is -2.39. The third-order valence-corrected chi connectivity index (χ3v) is 6.87. The lowest BCUT2D eigenvalue weighted by molar-refractivity contribution is -0.142. The molecule has 5 heteroatoms. The molecule has 1 fully saturated rings. The molecule has 0 radical (unpaired) electrons. The zero-order chi connectivity index (χ0) is 18.1. The van der Waals surface area contributed by atoms with E-state index in [0.29, 0.717) is 0 Å². The van der Waals surface area contributed by atoms with Crippen molar-refractivity contribution in [1.29, 1.82) is 0 Å². The Hall–Kier alpha value is -1.82. The van der Waals surface area contributed by atoms with Crippen molar-refractivity contribution in [3.63, 3.8) is 0 Å². The minimum atomic E-state index is -0.715. The first kappa shape index (κ1) is 17.6. The summed E-state index contributed by atoms with van der Waals surface area (Å²) in [7, 11) is 0. The average molecular weight is 384 g/mol. The number of benzene rings is 2. The molecule has 2 atom stereocenters. The van der Waals surface area contributed by atoms with Crippen molar-refractivity contribution in [2.24, 2.45) is 0 Å². The number of carbonyl (C=O) groups is 1. The van der Waals surface area contributed by atoms with E-state index in [0.717, 1.165) is 19.4 Å². The molecule has 3 aromatic rings. The summed E-state index contributed by atoms with van der Waals surface area (Å²) in [5.41, 5.74) is 2.38. The van der Waals surface area contributed by atoms with E-state index in [2.05, 4.69) is 65.1 Å². The summed E-state index contributed by atoms with van der Waals surface area (Å²) in [5, 5.41) is 13.2. The topological polar surface area (TPSA) is 40.5 Å². The standard InChI is InChI=1S/C21H21NO2S2/c1-25-15-10-8-14(9-11-15)20(22-12-4-6-18(22)21(23)24)17-13-26-19-7-3-2-5-16(17)19/h2-3,5,7-11,13,18,20H,4,6,12H2,1H3,(H,23,24). The van der Waals surface area contributed by atoms with Crippen molar-refractivity contribution < 1.29 is 9.90 Å². The van der Waals surface area contributed by atoms with E-state index >= 15 is 0 Å². The zero-order valence-electron chi connectivity index (χ0n) is 14.6. The van der Waals surface area contributed by atoms with Gasteiger partial charge in [-0.15, -0.1) is 23.1 Å². The molecule has 2 heterocycles. The number of carboxylic acid groups (broad SMARTS) is 1. The molecule has 3 nitrogen and oxygen atoms in total. The second-order valence-corrected chi connectivity index (χ2v) is 8.39. The molecule has 2 unspecified atom stereocenters. The van der Waals surface area contributed by atoms with Crippen LogP contribution in [0.2, 0.25) is 0 Å². The maximum absolute atomic E-state index is 11.8. The van der Waals surface area contributed by atoms with E-state index in [4.69, 9.17) is 0 Å². The first-order valence-corrected chi connectivity index (χ1v) is 10.9. The molecule has 2 aromatic carbocycles. The SMILES string of the molecule is CSc1ccc(C(c2csc3ccccc23)N2CCCC2C(=O)O)cc1. The Morgan fingerprint density at radius 2 is 2.00 bits per heavy atom. The van der Waals surface area contributed by atoms with Crippen LogP contribution in [0.4, 0.5) is 0 Å². The van der Waals surface area contributed by atoms with E-state index in [1.165, 1.54) is 26.1 Å². The summed E-state index contributed by atoms with van der Waals surface area (Å²) in [4.78, 5) is 15.2. The quantitative estimate of drug-likeness (QED) is 0.610. The van der Waals surface area contributed by atoms with Crippen LogP contribution in [0.1, 0.15) is 30.0 Å². The van der Waals surface area contributed by atoms with Gasteiger partial charge in [0.15, 0.2) is 0 Å². The smallest absolute Gasteiger partial charge is 0.320 e. The number of nitrogens with zero attached hydrogens (tertiary/aromatic N) is 1. The third kappa shape index (κ3) is 3.15. The summed E-state index contributed by atoms with van der Waals surface area (Å²) >= 11 is 3.46. The van der Waals surface area contributed by atoms with Crippen LogP contribution in [-0.2, 0) is 4.79 Å². The van der Waals surface area contributed by atoms with Gasteiger partial charge >= 0.3 is 5.97 Å². The van der Waals surface area contributed by atoms with Crippen molar-refractivity contribution in [2.45, 2.75) is 29.8 Å². The molecule has 0 spiro atoms. The fraction of sp³-hybridized carbons (Fsp3) is 0.286. The maximum atomic E-state index is 11.8. The molecule has 0 bridgehead atoms. The number of thioether (sulfide) groups is 1. The average Bonchev–Trinajstić information content (AvgIpc) is 3.31. The summed E-state index contributed by atoms with van der Waals surface area (Å²) in [5.74, 6) is -0.715. The lowest BCUT2D eigenvalue weighted by atomic mass is 9.96. The number of aliphatic carboxylic acids is 1. The van der Waals surface area contributed by atoms with Gasteiger partial charge in [0.1, 0.15) is 6.04 Å². The Kier molecular flexibility index (Phi) is 5.02. The largest absolute Gasteiger partial charge is 0.480 e. The minimum Gasteiger partial charge on any atom is -0.480 e. The fourth-order valence-corrected chi connectivity index (χ4v) is 5.30. The van der Waals surface area contributed by atoms with Crippen LogP contribution in [0.5, 0.6) is 0 Å². The van der Waals surface area contributed by atoms with Crippen LogP contribution >= 0.6 is 23.1 Å². The number of hydrogen-bond acceptors (Lipinski definition) is 4. The molecule has 0 saturated carbocycles. The van der Waals surface area contributed by atoms with Gasteiger partial charge in [-0.2, -0.15) is 0 Å². The molecule has 26 heavy (non-hydrogen) atoms. The molecular formula is C21H21NO2S2. The summed E-state index contributed by atoms with van der Waals surface area (Å²) < 4.78 is 1.25. The second-order valence-electron chi connectivity index (χ2n) is 6.60. The van der Waals surface area contributed by atoms with Crippen LogP contribution < -0.4 is 0 Å². The van der Waals surface area contributed by atoms with Crippen LogP contribution in [0, 0.1) is 0 Å². The van der Waals surface area contributed by atoms with E-state index in [1.54, 1.807) is 23.1 Å². The second kappa shape index (κ2) is 7.43. The van der Waals surface area contributed by atoms with Crippen molar-refractivity contribution in [2.75, 3.05) is 12.8 Å². The third-order valence-electron chi connectivity index (χ3n) is 5.15. The van der Waals surface area contributed by atoms with Gasteiger partial charge in [0.2, 0.25) is 0 Å². The summed E-state index contributed by atoms with van der Waals surface area (Å²) in [6.07, 6.45) is 3.72. The highest BCUT2D eigenvalue weighted by molar-refractivity contribution is 7.98. The first-order valence-electron chi connectivity index (χ1n) is 8.77. The predicted molar refractivity (Wildman–Crippen MR) is 109 cm³/mol. The summed E-state index contributed by atoms with van der Waals surface area (Å²) in [6.45, 7) is 0.816. The van der Waals surface area contributed by atoms with E-state index in [-0.39, 0.29) is 6.04 Å². The van der Waals surface area contributed by atoms with E-state index in [9.17, 15) is 9.90 Å². The van der Waals surface area contributed by atoms with Gasteiger partial charge in [-0.3, -0.25) is 9.69 Å². The number of hydrogen-bond donors (Lipinski definition) is 1. The van der Waals surface area contributed by atoms with E-state index < -0.39 is 12.0 Å². The minimum absolute atomic E-state index is 0.0225. The number of thiophene rings is 1. The van der Waals surface area contributed by atoms with Crippen molar-refractivity contribution in [3.05, 3.63) is 65.0 Å². The van der Waals surface area contributed by atoms with Crippen molar-refractivity contribution >= 4 is 39.2 Å². The van der Waals surface area contributed by atoms with Crippen molar-refractivity contribution in [3.8, 4) is 0 Å². The van der Waals surface area contributed by atoms with Gasteiger partial charge in [-0.1, -0.05) is 30.3 Å². The summed E-state index contributed by atoms with van der Waals surface area (Å²) in [6, 6.07) is 16.5. The Balaban J connectivity index is 1.84. The highest BCUT2D eigenvalue weighted by Crippen LogP contribution is 2.40. The van der Waals surface area contributed by atoms with Crippen molar-refractivity contribution in [1.82, 2.24) is 4.90 Å². The van der Waals surface area contributed by atoms with Crippen LogP contribution in [-0.4, -0.2) is 34.8 Å². The zero-order valence-corrected chi connectivity index (χ0v) is 16.2. The highest BCUT2D eigenvalue weighted by atomic mass is 32.2. The fourth-order valence-electron chi connectivity index (χ4n) is 3.91. The Bertz CT molecular complexity index is 919. The number of likely N-dealkylation sites (tertiary alicyclic amines) is 1. The van der Waals surface area contributed by atoms with Gasteiger partial charge in [-0.05, 0) is 59.2 Å². The molecule has 0 aliphatic carbocycles. The molecule has 0 amide bonds. The van der Waals surface area contributed by atoms with Gasteiger partial charge < -0.3 is 5.11 Å². The maximum Gasteiger partial charge on any atom is 0.320 e. The van der Waals surface area contributed by atoms with E-state index in [1.807, 2.05) is 0 Å². The number of fused-ring (bicyclic) bond motifs is 1. The monoisotopic (exact) mass is 383 g/mol. The molecule has 1 aliphatic heterocycles. The predicted octanol–water partition coefficient (Wildman–Crippen LogP) is 5.26. The van der Waals surface area contributed by atoms with Crippen LogP contribution in [0.15, 0.2) is 58.8 Å². The van der Waals surface area contributed by atoms with Crippen LogP contribution in [0.3, 0.4) is 0 Å². The molecule has 1 saturated heterocycles. The molecule has 1 aliphatic rings. The van der Waals surface area contributed by atoms with Gasteiger partial charge in [0, 0.05) is 16.1 Å².